The van der Waals surface area contributed by atoms with Crippen molar-refractivity contribution in [2.45, 2.75) is 43.2 Å². The highest BCUT2D eigenvalue weighted by Crippen LogP contribution is 2.48. The van der Waals surface area contributed by atoms with Crippen LogP contribution in [0, 0.1) is 23.0 Å². The molecule has 0 spiro atoms. The van der Waals surface area contributed by atoms with Gasteiger partial charge in [0.25, 0.3) is 0 Å². The quantitative estimate of drug-likeness (QED) is 0.668. The molecular formula is C20H21F3N6S. The fraction of sp³-hybridized carbons (Fsp3) is 0.400. The first-order valence-electron chi connectivity index (χ1n) is 9.21. The lowest BCUT2D eigenvalue weighted by molar-refractivity contribution is -0.0912. The molecule has 0 aliphatic heterocycles. The van der Waals surface area contributed by atoms with Crippen molar-refractivity contribution >= 4 is 23.5 Å². The van der Waals surface area contributed by atoms with Crippen molar-refractivity contribution in [2.24, 2.45) is 12.0 Å². The van der Waals surface area contributed by atoms with Crippen LogP contribution in [0.3, 0.4) is 0 Å². The molecule has 0 radical (unpaired) electrons. The van der Waals surface area contributed by atoms with E-state index in [1.54, 1.807) is 24.7 Å². The number of allylic oxidation sites excluding steroid dienone is 1. The van der Waals surface area contributed by atoms with Crippen molar-refractivity contribution in [3.8, 4) is 17.6 Å². The Kier molecular flexibility index (Phi) is 5.69. The summed E-state index contributed by atoms with van der Waals surface area (Å²) in [6, 6.07) is 4.17. The number of nitrogens with zero attached hydrogens (tertiary/aromatic N) is 5. The summed E-state index contributed by atoms with van der Waals surface area (Å²) >= 11 is 0. The van der Waals surface area contributed by atoms with Crippen LogP contribution in [0.1, 0.15) is 36.7 Å². The van der Waals surface area contributed by atoms with Gasteiger partial charge in [-0.3, -0.25) is 14.8 Å². The van der Waals surface area contributed by atoms with Gasteiger partial charge >= 0.3 is 6.18 Å². The molecule has 1 aliphatic rings. The molecule has 2 aromatic rings. The van der Waals surface area contributed by atoms with Crippen LogP contribution in [0.15, 0.2) is 27.8 Å². The number of imidazole rings is 1. The molecule has 1 fully saturated rings. The second kappa shape index (κ2) is 7.80. The summed E-state index contributed by atoms with van der Waals surface area (Å²) in [5, 5.41) is 9.49. The van der Waals surface area contributed by atoms with Crippen molar-refractivity contribution < 1.29 is 13.2 Å². The molecule has 0 aromatic carbocycles. The topological polar surface area (TPSA) is 90.7 Å². The molecule has 10 heteroatoms. The number of nitrogens with one attached hydrogen (secondary N) is 1. The van der Waals surface area contributed by atoms with Gasteiger partial charge in [-0.2, -0.15) is 18.4 Å². The Labute approximate surface area is 175 Å². The third kappa shape index (κ3) is 3.81. The predicted octanol–water partition coefficient (Wildman–Crippen LogP) is 4.71. The van der Waals surface area contributed by atoms with E-state index >= 15 is 0 Å². The summed E-state index contributed by atoms with van der Waals surface area (Å²) < 4.78 is 49.4. The Morgan fingerprint density at radius 2 is 2.17 bits per heavy atom. The van der Waals surface area contributed by atoms with E-state index in [9.17, 15) is 18.4 Å². The van der Waals surface area contributed by atoms with Crippen molar-refractivity contribution in [1.29, 1.82) is 10.0 Å². The van der Waals surface area contributed by atoms with E-state index in [4.69, 9.17) is 4.78 Å². The van der Waals surface area contributed by atoms with Crippen LogP contribution in [-0.2, 0) is 23.2 Å². The van der Waals surface area contributed by atoms with Crippen LogP contribution in [0.4, 0.5) is 13.2 Å². The van der Waals surface area contributed by atoms with Gasteiger partial charge in [0.2, 0.25) is 0 Å². The Bertz CT molecular complexity index is 1100. The molecule has 1 atom stereocenters. The number of halogens is 3. The molecule has 158 valence electrons. The minimum atomic E-state index is -4.64. The van der Waals surface area contributed by atoms with E-state index in [0.717, 1.165) is 24.5 Å². The molecular weight excluding hydrogens is 413 g/mol. The highest BCUT2D eigenvalue weighted by Gasteiger charge is 2.45. The average molecular weight is 434 g/mol. The number of rotatable bonds is 6. The standard InChI is InChI=1S/C20H21F3N6S/c1-5-30(25)15-8-13(19(11-24)6-7-19)10-27-17(15)18-28-14(12(2)29(18)4)9-16(26-3)20(21,22)23/h8-10,25H,3,5-7H2,1-2,4H3/b16-9-. The zero-order valence-corrected chi connectivity index (χ0v) is 17.7. The lowest BCUT2D eigenvalue weighted by Crippen LogP contribution is -2.09. The fourth-order valence-electron chi connectivity index (χ4n) is 3.10. The van der Waals surface area contributed by atoms with Gasteiger partial charge in [-0.25, -0.2) is 4.98 Å². The molecule has 30 heavy (non-hydrogen) atoms. The monoisotopic (exact) mass is 434 g/mol. The molecule has 2 heterocycles. The number of aromatic nitrogens is 3. The number of nitriles is 1. The Morgan fingerprint density at radius 1 is 1.50 bits per heavy atom. The van der Waals surface area contributed by atoms with Gasteiger partial charge in [0, 0.05) is 29.6 Å². The third-order valence-electron chi connectivity index (χ3n) is 5.29. The molecule has 1 aliphatic carbocycles. The summed E-state index contributed by atoms with van der Waals surface area (Å²) in [6.07, 6.45) is -0.647. The zero-order chi connectivity index (χ0) is 22.3. The van der Waals surface area contributed by atoms with Gasteiger partial charge in [-0.1, -0.05) is 17.6 Å². The molecule has 0 bridgehead atoms. The SMILES string of the molecule is C=N/C(=C\c1nc(-c2ncc(C3(C#N)CC3)cc2S(=N)CC)n(C)c1C)C(F)(F)F. The average Bonchev–Trinajstić information content (AvgIpc) is 3.47. The largest absolute Gasteiger partial charge is 0.433 e. The van der Waals surface area contributed by atoms with E-state index in [2.05, 4.69) is 27.7 Å². The Balaban J connectivity index is 2.17. The first kappa shape index (κ1) is 21.9. The maximum absolute atomic E-state index is 13.1. The number of aliphatic imine (C=N–C) groups is 1. The summed E-state index contributed by atoms with van der Waals surface area (Å²) in [5.74, 6) is 0.915. The normalized spacial score (nSPS) is 16.8. The molecule has 1 N–H and O–H groups in total. The fourth-order valence-corrected chi connectivity index (χ4v) is 4.06. The summed E-state index contributed by atoms with van der Waals surface area (Å²) in [4.78, 5) is 12.6. The van der Waals surface area contributed by atoms with Crippen molar-refractivity contribution in [3.63, 3.8) is 0 Å². The Morgan fingerprint density at radius 3 is 2.67 bits per heavy atom. The number of hydrogen-bond acceptors (Lipinski definition) is 5. The van der Waals surface area contributed by atoms with Crippen molar-refractivity contribution in [2.75, 3.05) is 5.75 Å². The lowest BCUT2D eigenvalue weighted by Gasteiger charge is -2.14. The van der Waals surface area contributed by atoms with E-state index in [1.807, 2.05) is 13.0 Å². The molecule has 1 saturated carbocycles. The van der Waals surface area contributed by atoms with E-state index in [0.29, 0.717) is 27.9 Å². The second-order valence-corrected chi connectivity index (χ2v) is 8.89. The van der Waals surface area contributed by atoms with E-state index in [1.165, 1.54) is 0 Å². The first-order valence-corrected chi connectivity index (χ1v) is 10.6. The van der Waals surface area contributed by atoms with Crippen molar-refractivity contribution in [1.82, 2.24) is 14.5 Å². The van der Waals surface area contributed by atoms with Crippen LogP contribution in [-0.4, -0.2) is 33.2 Å². The first-order chi connectivity index (χ1) is 14.1. The third-order valence-corrected chi connectivity index (χ3v) is 6.71. The summed E-state index contributed by atoms with van der Waals surface area (Å²) in [6.45, 7) is 6.54. The highest BCUT2D eigenvalue weighted by atomic mass is 32.2. The van der Waals surface area contributed by atoms with Crippen molar-refractivity contribution in [3.05, 3.63) is 34.9 Å². The maximum Gasteiger partial charge on any atom is 0.433 e. The number of alkyl halides is 3. The van der Waals surface area contributed by atoms with Crippen LogP contribution in [0.5, 0.6) is 0 Å². The van der Waals surface area contributed by atoms with Gasteiger partial charge in [0.15, 0.2) is 5.82 Å². The molecule has 0 amide bonds. The highest BCUT2D eigenvalue weighted by molar-refractivity contribution is 7.86. The molecule has 0 saturated heterocycles. The molecule has 1 unspecified atom stereocenters. The summed E-state index contributed by atoms with van der Waals surface area (Å²) in [5.41, 5.74) is 0.171. The second-order valence-electron chi connectivity index (χ2n) is 7.09. The summed E-state index contributed by atoms with van der Waals surface area (Å²) in [7, 11) is 0.786. The molecule has 6 nitrogen and oxygen atoms in total. The van der Waals surface area contributed by atoms with E-state index in [-0.39, 0.29) is 5.69 Å². The minimum Gasteiger partial charge on any atom is -0.329 e. The Hall–Kier alpha value is -2.80. The van der Waals surface area contributed by atoms with Crippen LogP contribution >= 0.6 is 0 Å². The van der Waals surface area contributed by atoms with Crippen LogP contribution in [0.25, 0.3) is 17.6 Å². The minimum absolute atomic E-state index is 0.112. The molecule has 3 rings (SSSR count). The maximum atomic E-state index is 13.1. The zero-order valence-electron chi connectivity index (χ0n) is 16.8. The van der Waals surface area contributed by atoms with Gasteiger partial charge in [-0.05, 0) is 44.2 Å². The van der Waals surface area contributed by atoms with Crippen LogP contribution < -0.4 is 0 Å². The predicted molar refractivity (Wildman–Crippen MR) is 110 cm³/mol. The molecule has 2 aromatic heterocycles. The smallest absolute Gasteiger partial charge is 0.329 e. The number of hydrogen-bond donors (Lipinski definition) is 1. The van der Waals surface area contributed by atoms with Gasteiger partial charge in [0.05, 0.1) is 17.2 Å². The van der Waals surface area contributed by atoms with Gasteiger partial charge in [-0.15, -0.1) is 0 Å². The van der Waals surface area contributed by atoms with E-state index < -0.39 is 28.0 Å². The number of pyridine rings is 1. The van der Waals surface area contributed by atoms with Gasteiger partial charge < -0.3 is 4.57 Å². The lowest BCUT2D eigenvalue weighted by atomic mass is 9.99. The van der Waals surface area contributed by atoms with Crippen LogP contribution in [0.2, 0.25) is 0 Å². The van der Waals surface area contributed by atoms with Gasteiger partial charge in [0.1, 0.15) is 11.4 Å².